The number of carbonyl (C=O) groups excluding carboxylic acids is 1. The summed E-state index contributed by atoms with van der Waals surface area (Å²) in [6, 6.07) is 0. The Bertz CT molecular complexity index is 160. The molecule has 0 saturated heterocycles. The predicted molar refractivity (Wildman–Crippen MR) is 72.4 cm³/mol. The molecule has 1 unspecified atom stereocenters. The molecular formula is C12H23IO2. The number of rotatable bonds is 9. The third kappa shape index (κ3) is 9.15. The SMILES string of the molecule is CCCC(CCCI)CCC(=O)OCC. The van der Waals surface area contributed by atoms with Crippen molar-refractivity contribution in [2.45, 2.75) is 52.4 Å². The van der Waals surface area contributed by atoms with Crippen LogP contribution in [0.2, 0.25) is 0 Å². The number of carbonyl (C=O) groups is 1. The standard InChI is InChI=1S/C12H23IO2/c1-3-6-11(7-5-10-13)8-9-12(14)15-4-2/h11H,3-10H2,1-2H3. The molecule has 0 radical (unpaired) electrons. The molecule has 0 bridgehead atoms. The first-order chi connectivity index (χ1) is 7.24. The molecule has 2 nitrogen and oxygen atoms in total. The van der Waals surface area contributed by atoms with Gasteiger partial charge in [0, 0.05) is 6.42 Å². The second-order valence-electron chi connectivity index (χ2n) is 3.83. The Morgan fingerprint density at radius 3 is 2.53 bits per heavy atom. The molecule has 0 aromatic carbocycles. The third-order valence-corrected chi connectivity index (χ3v) is 3.27. The Morgan fingerprint density at radius 2 is 2.00 bits per heavy atom. The van der Waals surface area contributed by atoms with Gasteiger partial charge in [-0.15, -0.1) is 0 Å². The lowest BCUT2D eigenvalue weighted by Gasteiger charge is -2.14. The van der Waals surface area contributed by atoms with Gasteiger partial charge in [-0.25, -0.2) is 0 Å². The average molecular weight is 326 g/mol. The fourth-order valence-corrected chi connectivity index (χ4v) is 2.20. The molecule has 0 aliphatic rings. The summed E-state index contributed by atoms with van der Waals surface area (Å²) in [7, 11) is 0. The fraction of sp³-hybridized carbons (Fsp3) is 0.917. The summed E-state index contributed by atoms with van der Waals surface area (Å²) in [4.78, 5) is 11.2. The lowest BCUT2D eigenvalue weighted by atomic mass is 9.93. The maximum atomic E-state index is 11.2. The summed E-state index contributed by atoms with van der Waals surface area (Å²) in [5.74, 6) is 0.683. The summed E-state index contributed by atoms with van der Waals surface area (Å²) >= 11 is 2.41. The highest BCUT2D eigenvalue weighted by Gasteiger charge is 2.10. The number of ether oxygens (including phenoxy) is 1. The second-order valence-corrected chi connectivity index (χ2v) is 4.91. The van der Waals surface area contributed by atoms with Crippen LogP contribution in [0.25, 0.3) is 0 Å². The molecule has 0 saturated carbocycles. The van der Waals surface area contributed by atoms with E-state index in [0.29, 0.717) is 18.9 Å². The van der Waals surface area contributed by atoms with E-state index < -0.39 is 0 Å². The number of halogens is 1. The minimum atomic E-state index is -0.0342. The smallest absolute Gasteiger partial charge is 0.305 e. The van der Waals surface area contributed by atoms with Gasteiger partial charge in [0.1, 0.15) is 0 Å². The van der Waals surface area contributed by atoms with Crippen LogP contribution >= 0.6 is 22.6 Å². The summed E-state index contributed by atoms with van der Waals surface area (Å²) in [6.07, 6.45) is 6.60. The molecule has 0 spiro atoms. The van der Waals surface area contributed by atoms with E-state index in [1.165, 1.54) is 30.1 Å². The molecule has 0 amide bonds. The van der Waals surface area contributed by atoms with Gasteiger partial charge in [-0.2, -0.15) is 0 Å². The van der Waals surface area contributed by atoms with Crippen LogP contribution in [0.4, 0.5) is 0 Å². The van der Waals surface area contributed by atoms with Gasteiger partial charge in [-0.1, -0.05) is 42.4 Å². The Balaban J connectivity index is 3.68. The number of hydrogen-bond acceptors (Lipinski definition) is 2. The van der Waals surface area contributed by atoms with Gasteiger partial charge in [-0.3, -0.25) is 4.79 Å². The first-order valence-corrected chi connectivity index (χ1v) is 7.48. The molecule has 0 aliphatic heterocycles. The van der Waals surface area contributed by atoms with Gasteiger partial charge in [0.15, 0.2) is 0 Å². The molecule has 0 aromatic heterocycles. The number of hydrogen-bond donors (Lipinski definition) is 0. The van der Waals surface area contributed by atoms with Gasteiger partial charge < -0.3 is 4.74 Å². The van der Waals surface area contributed by atoms with E-state index in [1.807, 2.05) is 6.92 Å². The zero-order valence-corrected chi connectivity index (χ0v) is 12.1. The van der Waals surface area contributed by atoms with Crippen molar-refractivity contribution in [3.8, 4) is 0 Å². The molecule has 0 aromatic rings. The summed E-state index contributed by atoms with van der Waals surface area (Å²) in [5, 5.41) is 0. The Morgan fingerprint density at radius 1 is 1.27 bits per heavy atom. The van der Waals surface area contributed by atoms with Gasteiger partial charge in [0.2, 0.25) is 0 Å². The van der Waals surface area contributed by atoms with E-state index >= 15 is 0 Å². The van der Waals surface area contributed by atoms with E-state index in [1.54, 1.807) is 0 Å². The lowest BCUT2D eigenvalue weighted by molar-refractivity contribution is -0.143. The van der Waals surface area contributed by atoms with Gasteiger partial charge in [0.25, 0.3) is 0 Å². The molecule has 0 N–H and O–H groups in total. The molecule has 0 heterocycles. The number of alkyl halides is 1. The molecule has 0 aliphatic carbocycles. The molecule has 90 valence electrons. The van der Waals surface area contributed by atoms with E-state index in [2.05, 4.69) is 29.5 Å². The summed E-state index contributed by atoms with van der Waals surface area (Å²) < 4.78 is 6.15. The van der Waals surface area contributed by atoms with Crippen molar-refractivity contribution >= 4 is 28.6 Å². The molecule has 0 rings (SSSR count). The van der Waals surface area contributed by atoms with Crippen LogP contribution in [0.15, 0.2) is 0 Å². The predicted octanol–water partition coefficient (Wildman–Crippen LogP) is 3.96. The van der Waals surface area contributed by atoms with Crippen molar-refractivity contribution < 1.29 is 9.53 Å². The highest BCUT2D eigenvalue weighted by molar-refractivity contribution is 14.1. The topological polar surface area (TPSA) is 26.3 Å². The lowest BCUT2D eigenvalue weighted by Crippen LogP contribution is -2.08. The third-order valence-electron chi connectivity index (χ3n) is 2.50. The van der Waals surface area contributed by atoms with E-state index in [9.17, 15) is 4.79 Å². The molecule has 0 fully saturated rings. The molecule has 1 atom stereocenters. The highest BCUT2D eigenvalue weighted by Crippen LogP contribution is 2.20. The van der Waals surface area contributed by atoms with Gasteiger partial charge >= 0.3 is 5.97 Å². The normalized spacial score (nSPS) is 12.5. The van der Waals surface area contributed by atoms with Gasteiger partial charge in [-0.05, 0) is 36.5 Å². The molecular weight excluding hydrogens is 303 g/mol. The van der Waals surface area contributed by atoms with Crippen LogP contribution in [0.1, 0.15) is 52.4 Å². The van der Waals surface area contributed by atoms with Crippen molar-refractivity contribution in [2.24, 2.45) is 5.92 Å². The monoisotopic (exact) mass is 326 g/mol. The van der Waals surface area contributed by atoms with Crippen LogP contribution in [0.5, 0.6) is 0 Å². The Hall–Kier alpha value is 0.200. The van der Waals surface area contributed by atoms with Crippen LogP contribution < -0.4 is 0 Å². The van der Waals surface area contributed by atoms with Crippen molar-refractivity contribution in [3.05, 3.63) is 0 Å². The zero-order valence-electron chi connectivity index (χ0n) is 9.93. The first-order valence-electron chi connectivity index (χ1n) is 5.96. The fourth-order valence-electron chi connectivity index (χ4n) is 1.76. The Kier molecular flexibility index (Phi) is 10.9. The molecule has 15 heavy (non-hydrogen) atoms. The van der Waals surface area contributed by atoms with E-state index in [-0.39, 0.29) is 5.97 Å². The van der Waals surface area contributed by atoms with Gasteiger partial charge in [0.05, 0.1) is 6.61 Å². The van der Waals surface area contributed by atoms with Crippen molar-refractivity contribution in [1.29, 1.82) is 0 Å². The molecule has 3 heteroatoms. The summed E-state index contributed by atoms with van der Waals surface area (Å²) in [5.41, 5.74) is 0. The quantitative estimate of drug-likeness (QED) is 0.364. The van der Waals surface area contributed by atoms with Crippen LogP contribution in [-0.2, 0) is 9.53 Å². The van der Waals surface area contributed by atoms with E-state index in [4.69, 9.17) is 4.74 Å². The second kappa shape index (κ2) is 10.7. The largest absolute Gasteiger partial charge is 0.466 e. The average Bonchev–Trinajstić information content (AvgIpc) is 2.22. The minimum Gasteiger partial charge on any atom is -0.466 e. The van der Waals surface area contributed by atoms with Crippen molar-refractivity contribution in [2.75, 3.05) is 11.0 Å². The van der Waals surface area contributed by atoms with E-state index in [0.717, 1.165) is 6.42 Å². The maximum absolute atomic E-state index is 11.2. The van der Waals surface area contributed by atoms with Crippen LogP contribution in [0.3, 0.4) is 0 Å². The zero-order chi connectivity index (χ0) is 11.5. The van der Waals surface area contributed by atoms with Crippen molar-refractivity contribution in [3.63, 3.8) is 0 Å². The summed E-state index contributed by atoms with van der Waals surface area (Å²) in [6.45, 7) is 4.57. The number of esters is 1. The van der Waals surface area contributed by atoms with Crippen LogP contribution in [-0.4, -0.2) is 17.0 Å². The maximum Gasteiger partial charge on any atom is 0.305 e. The first kappa shape index (κ1) is 15.2. The minimum absolute atomic E-state index is 0.0342. The van der Waals surface area contributed by atoms with Crippen molar-refractivity contribution in [1.82, 2.24) is 0 Å². The highest BCUT2D eigenvalue weighted by atomic mass is 127. The Labute approximate surface area is 107 Å². The van der Waals surface area contributed by atoms with Crippen LogP contribution in [0, 0.1) is 5.92 Å².